The van der Waals surface area contributed by atoms with E-state index in [1.54, 1.807) is 7.11 Å². The second-order valence-corrected chi connectivity index (χ2v) is 4.44. The summed E-state index contributed by atoms with van der Waals surface area (Å²) < 4.78 is 5.26. The number of halogens is 1. The smallest absolute Gasteiger partial charge is 0.138 e. The van der Waals surface area contributed by atoms with E-state index in [1.165, 1.54) is 11.1 Å². The third-order valence-electron chi connectivity index (χ3n) is 2.85. The Morgan fingerprint density at radius 3 is 2.67 bits per heavy atom. The topological polar surface area (TPSA) is 21.3 Å². The first-order valence-electron chi connectivity index (χ1n) is 5.82. The van der Waals surface area contributed by atoms with E-state index in [1.807, 2.05) is 37.4 Å². The van der Waals surface area contributed by atoms with Gasteiger partial charge in [0.25, 0.3) is 0 Å². The highest BCUT2D eigenvalue weighted by molar-refractivity contribution is 6.32. The molecule has 94 valence electrons. The van der Waals surface area contributed by atoms with Crippen LogP contribution >= 0.6 is 11.6 Å². The van der Waals surface area contributed by atoms with Gasteiger partial charge in [0.1, 0.15) is 5.75 Å². The lowest BCUT2D eigenvalue weighted by molar-refractivity contribution is 0.415. The summed E-state index contributed by atoms with van der Waals surface area (Å²) in [7, 11) is 3.57. The molecule has 0 bridgehead atoms. The van der Waals surface area contributed by atoms with E-state index in [0.29, 0.717) is 10.8 Å². The first-order valence-corrected chi connectivity index (χ1v) is 6.20. The maximum absolute atomic E-state index is 6.05. The predicted molar refractivity (Wildman–Crippen MR) is 76.2 cm³/mol. The number of hydrogen-bond donors (Lipinski definition) is 1. The minimum absolute atomic E-state index is 0.632. The van der Waals surface area contributed by atoms with Crippen molar-refractivity contribution in [1.82, 2.24) is 5.32 Å². The van der Waals surface area contributed by atoms with Crippen LogP contribution in [0.1, 0.15) is 5.56 Å². The van der Waals surface area contributed by atoms with Crippen molar-refractivity contribution in [2.45, 2.75) is 6.54 Å². The largest absolute Gasteiger partial charge is 0.495 e. The fourth-order valence-corrected chi connectivity index (χ4v) is 2.17. The van der Waals surface area contributed by atoms with Crippen LogP contribution < -0.4 is 10.1 Å². The molecule has 2 aromatic carbocycles. The third-order valence-corrected chi connectivity index (χ3v) is 3.16. The SMILES string of the molecule is CNCc1ccccc1-c1ccc(Cl)c(OC)c1. The molecule has 2 aromatic rings. The van der Waals surface area contributed by atoms with Crippen molar-refractivity contribution in [3.05, 3.63) is 53.1 Å². The van der Waals surface area contributed by atoms with E-state index in [-0.39, 0.29) is 0 Å². The van der Waals surface area contributed by atoms with Crippen molar-refractivity contribution in [2.24, 2.45) is 0 Å². The molecule has 2 nitrogen and oxygen atoms in total. The Labute approximate surface area is 113 Å². The van der Waals surface area contributed by atoms with Crippen molar-refractivity contribution in [2.75, 3.05) is 14.2 Å². The van der Waals surface area contributed by atoms with E-state index < -0.39 is 0 Å². The Morgan fingerprint density at radius 2 is 1.94 bits per heavy atom. The van der Waals surface area contributed by atoms with Crippen molar-refractivity contribution in [3.63, 3.8) is 0 Å². The standard InChI is InChI=1S/C15H16ClNO/c1-17-10-12-5-3-4-6-13(12)11-7-8-14(16)15(9-11)18-2/h3-9,17H,10H2,1-2H3. The van der Waals surface area contributed by atoms with Gasteiger partial charge < -0.3 is 10.1 Å². The fraction of sp³-hybridized carbons (Fsp3) is 0.200. The van der Waals surface area contributed by atoms with Gasteiger partial charge in [0, 0.05) is 6.54 Å². The maximum Gasteiger partial charge on any atom is 0.138 e. The Kier molecular flexibility index (Phi) is 4.24. The second-order valence-electron chi connectivity index (χ2n) is 4.04. The van der Waals surface area contributed by atoms with Crippen LogP contribution in [0, 0.1) is 0 Å². The van der Waals surface area contributed by atoms with Gasteiger partial charge in [-0.25, -0.2) is 0 Å². The molecule has 0 aliphatic carbocycles. The molecule has 0 aromatic heterocycles. The monoisotopic (exact) mass is 261 g/mol. The molecule has 0 aliphatic rings. The summed E-state index contributed by atoms with van der Waals surface area (Å²) in [4.78, 5) is 0. The quantitative estimate of drug-likeness (QED) is 0.905. The second kappa shape index (κ2) is 5.89. The first kappa shape index (κ1) is 12.9. The Morgan fingerprint density at radius 1 is 1.17 bits per heavy atom. The maximum atomic E-state index is 6.05. The van der Waals surface area contributed by atoms with Crippen LogP contribution in [0.4, 0.5) is 0 Å². The predicted octanol–water partition coefficient (Wildman–Crippen LogP) is 3.74. The highest BCUT2D eigenvalue weighted by atomic mass is 35.5. The Bertz CT molecular complexity index is 540. The molecule has 0 fully saturated rings. The van der Waals surface area contributed by atoms with Gasteiger partial charge in [-0.15, -0.1) is 0 Å². The first-order chi connectivity index (χ1) is 8.76. The molecular formula is C15H16ClNO. The van der Waals surface area contributed by atoms with Gasteiger partial charge in [-0.2, -0.15) is 0 Å². The molecule has 18 heavy (non-hydrogen) atoms. The summed E-state index contributed by atoms with van der Waals surface area (Å²) >= 11 is 6.05. The lowest BCUT2D eigenvalue weighted by Gasteiger charge is -2.11. The van der Waals surface area contributed by atoms with Crippen LogP contribution in [0.25, 0.3) is 11.1 Å². The zero-order valence-corrected chi connectivity index (χ0v) is 11.3. The molecule has 0 unspecified atom stereocenters. The number of nitrogens with one attached hydrogen (secondary N) is 1. The molecule has 0 aliphatic heterocycles. The van der Waals surface area contributed by atoms with Gasteiger partial charge in [0.2, 0.25) is 0 Å². The lowest BCUT2D eigenvalue weighted by atomic mass is 9.99. The van der Waals surface area contributed by atoms with Crippen molar-refractivity contribution < 1.29 is 4.74 Å². The van der Waals surface area contributed by atoms with Gasteiger partial charge in [0.05, 0.1) is 12.1 Å². The molecule has 3 heteroatoms. The fourth-order valence-electron chi connectivity index (χ4n) is 1.97. The molecule has 0 heterocycles. The molecular weight excluding hydrogens is 246 g/mol. The highest BCUT2D eigenvalue weighted by Crippen LogP contribution is 2.31. The molecule has 0 radical (unpaired) electrons. The van der Waals surface area contributed by atoms with Crippen LogP contribution in [0.2, 0.25) is 5.02 Å². The van der Waals surface area contributed by atoms with E-state index in [0.717, 1.165) is 12.1 Å². The molecule has 0 amide bonds. The number of methoxy groups -OCH3 is 1. The summed E-state index contributed by atoms with van der Waals surface area (Å²) in [5.41, 5.74) is 3.56. The number of hydrogen-bond acceptors (Lipinski definition) is 2. The zero-order chi connectivity index (χ0) is 13.0. The summed E-state index contributed by atoms with van der Waals surface area (Å²) in [6.45, 7) is 0.834. The summed E-state index contributed by atoms with van der Waals surface area (Å²) in [5, 5.41) is 3.81. The van der Waals surface area contributed by atoms with Crippen LogP contribution in [0.3, 0.4) is 0 Å². The van der Waals surface area contributed by atoms with E-state index in [2.05, 4.69) is 17.4 Å². The third kappa shape index (κ3) is 2.66. The molecule has 1 N–H and O–H groups in total. The minimum atomic E-state index is 0.632. The van der Waals surface area contributed by atoms with Crippen LogP contribution in [0.5, 0.6) is 5.75 Å². The average molecular weight is 262 g/mol. The van der Waals surface area contributed by atoms with Gasteiger partial charge >= 0.3 is 0 Å². The molecule has 0 saturated heterocycles. The number of ether oxygens (including phenoxy) is 1. The summed E-state index contributed by atoms with van der Waals surface area (Å²) in [6, 6.07) is 14.2. The van der Waals surface area contributed by atoms with Gasteiger partial charge in [-0.05, 0) is 35.9 Å². The van der Waals surface area contributed by atoms with E-state index in [4.69, 9.17) is 16.3 Å². The van der Waals surface area contributed by atoms with Gasteiger partial charge in [-0.1, -0.05) is 41.9 Å². The molecule has 0 spiro atoms. The molecule has 0 saturated carbocycles. The number of benzene rings is 2. The molecule has 2 rings (SSSR count). The Hall–Kier alpha value is -1.51. The average Bonchev–Trinajstić information content (AvgIpc) is 2.40. The Balaban J connectivity index is 2.48. The normalized spacial score (nSPS) is 10.4. The van der Waals surface area contributed by atoms with E-state index in [9.17, 15) is 0 Å². The van der Waals surface area contributed by atoms with Gasteiger partial charge in [0.15, 0.2) is 0 Å². The van der Waals surface area contributed by atoms with Crippen molar-refractivity contribution >= 4 is 11.6 Å². The van der Waals surface area contributed by atoms with Crippen molar-refractivity contribution in [3.8, 4) is 16.9 Å². The van der Waals surface area contributed by atoms with E-state index >= 15 is 0 Å². The van der Waals surface area contributed by atoms with Crippen molar-refractivity contribution in [1.29, 1.82) is 0 Å². The highest BCUT2D eigenvalue weighted by Gasteiger charge is 2.07. The van der Waals surface area contributed by atoms with Crippen LogP contribution in [-0.2, 0) is 6.54 Å². The number of rotatable bonds is 4. The molecule has 0 atom stereocenters. The zero-order valence-electron chi connectivity index (χ0n) is 10.5. The summed E-state index contributed by atoms with van der Waals surface area (Å²) in [6.07, 6.45) is 0. The minimum Gasteiger partial charge on any atom is -0.495 e. The summed E-state index contributed by atoms with van der Waals surface area (Å²) in [5.74, 6) is 0.702. The lowest BCUT2D eigenvalue weighted by Crippen LogP contribution is -2.06. The van der Waals surface area contributed by atoms with Crippen LogP contribution in [0.15, 0.2) is 42.5 Å². The van der Waals surface area contributed by atoms with Crippen LogP contribution in [-0.4, -0.2) is 14.2 Å². The van der Waals surface area contributed by atoms with Gasteiger partial charge in [-0.3, -0.25) is 0 Å².